The zero-order valence-corrected chi connectivity index (χ0v) is 13.9. The standard InChI is InChI=1S/C22H14N4/c1-3-13-25-19(11-1)21-15(7-5-9-17(21)23-25)16-8-6-10-18-22(16)20-12-2-4-14-26(20)24-18/h1-14H. The summed E-state index contributed by atoms with van der Waals surface area (Å²) >= 11 is 0. The van der Waals surface area contributed by atoms with Crippen molar-refractivity contribution < 1.29 is 0 Å². The first kappa shape index (κ1) is 13.6. The van der Waals surface area contributed by atoms with Crippen LogP contribution in [0.15, 0.2) is 85.2 Å². The molecule has 0 unspecified atom stereocenters. The number of aromatic nitrogens is 4. The Labute approximate surface area is 148 Å². The van der Waals surface area contributed by atoms with E-state index < -0.39 is 0 Å². The molecule has 4 heterocycles. The largest absolute Gasteiger partial charge is 0.240 e. The maximum Gasteiger partial charge on any atom is 0.0940 e. The molecule has 6 aromatic rings. The molecule has 0 N–H and O–H groups in total. The highest BCUT2D eigenvalue weighted by Crippen LogP contribution is 2.37. The summed E-state index contributed by atoms with van der Waals surface area (Å²) < 4.78 is 3.90. The summed E-state index contributed by atoms with van der Waals surface area (Å²) in [6.07, 6.45) is 3.99. The van der Waals surface area contributed by atoms with Crippen LogP contribution in [-0.4, -0.2) is 19.2 Å². The molecule has 6 rings (SSSR count). The van der Waals surface area contributed by atoms with Crippen LogP contribution in [0.2, 0.25) is 0 Å². The molecule has 0 bridgehead atoms. The lowest BCUT2D eigenvalue weighted by Gasteiger charge is -2.06. The van der Waals surface area contributed by atoms with Gasteiger partial charge in [0.1, 0.15) is 0 Å². The van der Waals surface area contributed by atoms with E-state index in [1.807, 2.05) is 33.6 Å². The van der Waals surface area contributed by atoms with Crippen molar-refractivity contribution in [2.45, 2.75) is 0 Å². The van der Waals surface area contributed by atoms with Gasteiger partial charge in [-0.05, 0) is 47.5 Å². The van der Waals surface area contributed by atoms with Gasteiger partial charge in [-0.2, -0.15) is 10.2 Å². The molecule has 0 aliphatic heterocycles. The lowest BCUT2D eigenvalue weighted by Crippen LogP contribution is -1.84. The molecule has 4 aromatic heterocycles. The first-order chi connectivity index (χ1) is 12.9. The molecule has 0 atom stereocenters. The Morgan fingerprint density at radius 1 is 0.500 bits per heavy atom. The summed E-state index contributed by atoms with van der Waals surface area (Å²) in [5, 5.41) is 11.8. The van der Waals surface area contributed by atoms with Crippen molar-refractivity contribution in [1.82, 2.24) is 19.2 Å². The van der Waals surface area contributed by atoms with Crippen LogP contribution in [0.4, 0.5) is 0 Å². The summed E-state index contributed by atoms with van der Waals surface area (Å²) in [5.41, 5.74) is 6.61. The molecular weight excluding hydrogens is 320 g/mol. The highest BCUT2D eigenvalue weighted by molar-refractivity contribution is 6.13. The Hall–Kier alpha value is -3.66. The van der Waals surface area contributed by atoms with Crippen LogP contribution in [0.25, 0.3) is 44.0 Å². The van der Waals surface area contributed by atoms with E-state index in [9.17, 15) is 0 Å². The number of benzene rings is 2. The highest BCUT2D eigenvalue weighted by Gasteiger charge is 2.15. The molecule has 0 fully saturated rings. The van der Waals surface area contributed by atoms with Crippen molar-refractivity contribution in [2.24, 2.45) is 0 Å². The molecule has 4 heteroatoms. The van der Waals surface area contributed by atoms with Gasteiger partial charge in [0.05, 0.1) is 22.1 Å². The van der Waals surface area contributed by atoms with Crippen molar-refractivity contribution >= 4 is 32.8 Å². The second kappa shape index (κ2) is 4.92. The van der Waals surface area contributed by atoms with E-state index in [0.717, 1.165) is 22.1 Å². The zero-order valence-electron chi connectivity index (χ0n) is 13.9. The lowest BCUT2D eigenvalue weighted by molar-refractivity contribution is 0.982. The number of fused-ring (bicyclic) bond motifs is 6. The van der Waals surface area contributed by atoms with Crippen LogP contribution < -0.4 is 0 Å². The Kier molecular flexibility index (Phi) is 2.58. The van der Waals surface area contributed by atoms with Gasteiger partial charge in [0, 0.05) is 23.2 Å². The summed E-state index contributed by atoms with van der Waals surface area (Å²) in [5.74, 6) is 0. The van der Waals surface area contributed by atoms with Crippen LogP contribution in [0.1, 0.15) is 0 Å². The average molecular weight is 334 g/mol. The number of hydrogen-bond donors (Lipinski definition) is 0. The molecule has 0 aliphatic carbocycles. The van der Waals surface area contributed by atoms with Gasteiger partial charge in [-0.3, -0.25) is 0 Å². The average Bonchev–Trinajstić information content (AvgIpc) is 3.26. The van der Waals surface area contributed by atoms with Gasteiger partial charge in [-0.15, -0.1) is 0 Å². The summed E-state index contributed by atoms with van der Waals surface area (Å²) in [7, 11) is 0. The van der Waals surface area contributed by atoms with Gasteiger partial charge in [-0.25, -0.2) is 9.03 Å². The van der Waals surface area contributed by atoms with Crippen LogP contribution in [0, 0.1) is 0 Å². The summed E-state index contributed by atoms with van der Waals surface area (Å²) in [4.78, 5) is 0. The minimum atomic E-state index is 1.00. The van der Waals surface area contributed by atoms with E-state index in [0.29, 0.717) is 0 Å². The Bertz CT molecular complexity index is 1330. The van der Waals surface area contributed by atoms with Gasteiger partial charge >= 0.3 is 0 Å². The summed E-state index contributed by atoms with van der Waals surface area (Å²) in [6, 6.07) is 25.0. The molecule has 0 radical (unpaired) electrons. The molecule has 122 valence electrons. The number of pyridine rings is 2. The Balaban J connectivity index is 1.82. The van der Waals surface area contributed by atoms with E-state index in [4.69, 9.17) is 10.2 Å². The van der Waals surface area contributed by atoms with E-state index >= 15 is 0 Å². The van der Waals surface area contributed by atoms with Crippen molar-refractivity contribution in [3.8, 4) is 11.1 Å². The van der Waals surface area contributed by atoms with Gasteiger partial charge in [0.25, 0.3) is 0 Å². The van der Waals surface area contributed by atoms with E-state index in [1.165, 1.54) is 21.9 Å². The molecule has 2 aromatic carbocycles. The van der Waals surface area contributed by atoms with E-state index in [2.05, 4.69) is 60.7 Å². The number of hydrogen-bond acceptors (Lipinski definition) is 2. The van der Waals surface area contributed by atoms with Crippen LogP contribution >= 0.6 is 0 Å². The third-order valence-corrected chi connectivity index (χ3v) is 5.00. The second-order valence-electron chi connectivity index (χ2n) is 6.46. The number of rotatable bonds is 1. The topological polar surface area (TPSA) is 34.6 Å². The predicted octanol–water partition coefficient (Wildman–Crippen LogP) is 4.96. The monoisotopic (exact) mass is 334 g/mol. The quantitative estimate of drug-likeness (QED) is 0.426. The van der Waals surface area contributed by atoms with Gasteiger partial charge in [0.2, 0.25) is 0 Å². The van der Waals surface area contributed by atoms with Crippen LogP contribution in [0.5, 0.6) is 0 Å². The van der Waals surface area contributed by atoms with Crippen molar-refractivity contribution in [1.29, 1.82) is 0 Å². The van der Waals surface area contributed by atoms with Crippen molar-refractivity contribution in [3.63, 3.8) is 0 Å². The normalized spacial score (nSPS) is 11.8. The molecule has 0 saturated heterocycles. The van der Waals surface area contributed by atoms with Gasteiger partial charge in [-0.1, -0.05) is 36.4 Å². The lowest BCUT2D eigenvalue weighted by atomic mass is 9.97. The number of nitrogens with zero attached hydrogens (tertiary/aromatic N) is 4. The Morgan fingerprint density at radius 3 is 1.50 bits per heavy atom. The van der Waals surface area contributed by atoms with Gasteiger partial charge < -0.3 is 0 Å². The fourth-order valence-electron chi connectivity index (χ4n) is 3.91. The SMILES string of the molecule is c1cc(-c2cccc3nn4ccccc4c23)c2c(c1)nn1ccccc21. The first-order valence-electron chi connectivity index (χ1n) is 8.63. The fourth-order valence-corrected chi connectivity index (χ4v) is 3.91. The maximum absolute atomic E-state index is 4.73. The van der Waals surface area contributed by atoms with Crippen LogP contribution in [0.3, 0.4) is 0 Å². The maximum atomic E-state index is 4.73. The summed E-state index contributed by atoms with van der Waals surface area (Å²) in [6.45, 7) is 0. The third kappa shape index (κ3) is 1.73. The molecule has 0 saturated carbocycles. The first-order valence-corrected chi connectivity index (χ1v) is 8.63. The second-order valence-corrected chi connectivity index (χ2v) is 6.46. The Morgan fingerprint density at radius 2 is 1.00 bits per heavy atom. The minimum Gasteiger partial charge on any atom is -0.240 e. The predicted molar refractivity (Wildman–Crippen MR) is 104 cm³/mol. The smallest absolute Gasteiger partial charge is 0.0940 e. The van der Waals surface area contributed by atoms with Crippen molar-refractivity contribution in [2.75, 3.05) is 0 Å². The molecular formula is C22H14N4. The van der Waals surface area contributed by atoms with Crippen molar-refractivity contribution in [3.05, 3.63) is 85.2 Å². The zero-order chi connectivity index (χ0) is 17.1. The molecule has 0 spiro atoms. The molecule has 4 nitrogen and oxygen atoms in total. The highest BCUT2D eigenvalue weighted by atomic mass is 15.2. The van der Waals surface area contributed by atoms with E-state index in [1.54, 1.807) is 0 Å². The molecule has 0 aliphatic rings. The fraction of sp³-hybridized carbons (Fsp3) is 0. The van der Waals surface area contributed by atoms with Gasteiger partial charge in [0.15, 0.2) is 0 Å². The molecule has 0 amide bonds. The van der Waals surface area contributed by atoms with Crippen LogP contribution in [-0.2, 0) is 0 Å². The molecule has 26 heavy (non-hydrogen) atoms. The van der Waals surface area contributed by atoms with E-state index in [-0.39, 0.29) is 0 Å². The third-order valence-electron chi connectivity index (χ3n) is 5.00. The minimum absolute atomic E-state index is 1.00.